The van der Waals surface area contributed by atoms with E-state index in [-0.39, 0.29) is 24.1 Å². The number of nitriles is 1. The van der Waals surface area contributed by atoms with E-state index in [2.05, 4.69) is 6.07 Å². The van der Waals surface area contributed by atoms with Gasteiger partial charge in [0.1, 0.15) is 11.4 Å². The van der Waals surface area contributed by atoms with Crippen molar-refractivity contribution in [3.63, 3.8) is 0 Å². The Labute approximate surface area is 205 Å². The fraction of sp³-hybridized carbons (Fsp3) is 0.464. The summed E-state index contributed by atoms with van der Waals surface area (Å²) in [5, 5.41) is 9.20. The van der Waals surface area contributed by atoms with Crippen LogP contribution >= 0.6 is 0 Å². The number of nitrogens with zero attached hydrogens (tertiary/aromatic N) is 1. The molecule has 2 aliphatic rings. The molecule has 1 aliphatic carbocycles. The first kappa shape index (κ1) is 24.6. The van der Waals surface area contributed by atoms with Crippen molar-refractivity contribution in [1.82, 2.24) is 0 Å². The third-order valence-corrected chi connectivity index (χ3v) is 7.23. The van der Waals surface area contributed by atoms with Crippen LogP contribution < -0.4 is 14.2 Å². The summed E-state index contributed by atoms with van der Waals surface area (Å²) in [6.45, 7) is 2.16. The lowest BCUT2D eigenvalue weighted by Crippen LogP contribution is -2.53. The van der Waals surface area contributed by atoms with Crippen molar-refractivity contribution in [1.29, 1.82) is 5.26 Å². The minimum absolute atomic E-state index is 0.00921. The molecule has 35 heavy (non-hydrogen) atoms. The van der Waals surface area contributed by atoms with Crippen molar-refractivity contribution in [2.45, 2.75) is 51.0 Å². The molecule has 7 nitrogen and oxygen atoms in total. The van der Waals surface area contributed by atoms with E-state index < -0.39 is 11.5 Å². The second-order valence-corrected chi connectivity index (χ2v) is 9.09. The highest BCUT2D eigenvalue weighted by Gasteiger charge is 2.51. The van der Waals surface area contributed by atoms with Crippen LogP contribution in [0.1, 0.15) is 55.8 Å². The molecule has 184 valence electrons. The van der Waals surface area contributed by atoms with E-state index in [0.717, 1.165) is 11.1 Å². The van der Waals surface area contributed by atoms with Crippen LogP contribution in [0.4, 0.5) is 0 Å². The number of rotatable bonds is 7. The predicted molar refractivity (Wildman–Crippen MR) is 130 cm³/mol. The second-order valence-electron chi connectivity index (χ2n) is 9.09. The normalized spacial score (nSPS) is 23.1. The van der Waals surface area contributed by atoms with Crippen LogP contribution in [0.25, 0.3) is 11.1 Å². The molecule has 1 spiro atoms. The van der Waals surface area contributed by atoms with Gasteiger partial charge in [-0.05, 0) is 74.4 Å². The van der Waals surface area contributed by atoms with Gasteiger partial charge in [0.15, 0.2) is 17.3 Å². The molecule has 0 amide bonds. The molecule has 1 fully saturated rings. The quantitative estimate of drug-likeness (QED) is 0.496. The third-order valence-electron chi connectivity index (χ3n) is 7.23. The Balaban J connectivity index is 1.67. The van der Waals surface area contributed by atoms with E-state index in [1.807, 2.05) is 30.3 Å². The van der Waals surface area contributed by atoms with E-state index in [0.29, 0.717) is 61.5 Å². The number of esters is 1. The highest BCUT2D eigenvalue weighted by atomic mass is 16.5. The van der Waals surface area contributed by atoms with Gasteiger partial charge >= 0.3 is 5.97 Å². The summed E-state index contributed by atoms with van der Waals surface area (Å²) in [7, 11) is 3.18. The Bertz CT molecular complexity index is 1140. The lowest BCUT2D eigenvalue weighted by Gasteiger charge is -2.47. The summed E-state index contributed by atoms with van der Waals surface area (Å²) < 4.78 is 22.7. The maximum atomic E-state index is 13.6. The van der Waals surface area contributed by atoms with Crippen LogP contribution in [-0.4, -0.2) is 38.2 Å². The first-order chi connectivity index (χ1) is 17.0. The SMILES string of the molecule is CCOC(=O)C1CCC2(CC1)Oc1cc(-c3ccc(OC)c(OC)c3)ccc1C(=O)C2CCC#N. The highest BCUT2D eigenvalue weighted by Crippen LogP contribution is 2.49. The van der Waals surface area contributed by atoms with Crippen molar-refractivity contribution >= 4 is 11.8 Å². The molecule has 1 heterocycles. The molecule has 0 radical (unpaired) electrons. The zero-order valence-corrected chi connectivity index (χ0v) is 20.5. The molecule has 0 saturated heterocycles. The Morgan fingerprint density at radius 1 is 1.09 bits per heavy atom. The molecule has 1 saturated carbocycles. The standard InChI is InChI=1S/C28H31NO6/c1-4-34-27(31)18-11-13-28(14-12-18)22(6-5-15-29)26(30)21-9-7-19(16-24(21)35-28)20-8-10-23(32-2)25(17-20)33-3/h7-10,16-18,22H,4-6,11-14H2,1-3H3. The minimum atomic E-state index is -0.722. The van der Waals surface area contributed by atoms with E-state index in [9.17, 15) is 14.9 Å². The lowest BCUT2D eigenvalue weighted by atomic mass is 9.67. The molecule has 0 bridgehead atoms. The number of fused-ring (bicyclic) bond motifs is 1. The van der Waals surface area contributed by atoms with Gasteiger partial charge in [0, 0.05) is 6.42 Å². The molecular weight excluding hydrogens is 446 g/mol. The van der Waals surface area contributed by atoms with Gasteiger partial charge in [0.05, 0.1) is 44.3 Å². The Hall–Kier alpha value is -3.53. The first-order valence-electron chi connectivity index (χ1n) is 12.1. The van der Waals surface area contributed by atoms with E-state index >= 15 is 0 Å². The average Bonchev–Trinajstić information content (AvgIpc) is 2.88. The zero-order chi connectivity index (χ0) is 25.0. The molecule has 0 aromatic heterocycles. The van der Waals surface area contributed by atoms with Gasteiger partial charge in [-0.3, -0.25) is 9.59 Å². The van der Waals surface area contributed by atoms with Gasteiger partial charge in [0.25, 0.3) is 0 Å². The summed E-state index contributed by atoms with van der Waals surface area (Å²) in [4.78, 5) is 25.9. The second kappa shape index (κ2) is 10.4. The predicted octanol–water partition coefficient (Wildman–Crippen LogP) is 5.36. The van der Waals surface area contributed by atoms with Crippen LogP contribution in [0.2, 0.25) is 0 Å². The Kier molecular flexibility index (Phi) is 7.30. The number of carbonyl (C=O) groups excluding carboxylic acids is 2. The molecule has 1 aliphatic heterocycles. The van der Waals surface area contributed by atoms with Crippen LogP contribution in [-0.2, 0) is 9.53 Å². The molecular formula is C28H31NO6. The largest absolute Gasteiger partial charge is 0.493 e. The van der Waals surface area contributed by atoms with Crippen molar-refractivity contribution in [2.24, 2.45) is 11.8 Å². The van der Waals surface area contributed by atoms with Crippen molar-refractivity contribution in [2.75, 3.05) is 20.8 Å². The van der Waals surface area contributed by atoms with Gasteiger partial charge in [-0.25, -0.2) is 0 Å². The maximum absolute atomic E-state index is 13.6. The van der Waals surface area contributed by atoms with Crippen LogP contribution in [0.15, 0.2) is 36.4 Å². The highest BCUT2D eigenvalue weighted by molar-refractivity contribution is 6.02. The van der Waals surface area contributed by atoms with E-state index in [1.54, 1.807) is 27.2 Å². The Morgan fingerprint density at radius 3 is 2.43 bits per heavy atom. The van der Waals surface area contributed by atoms with Crippen molar-refractivity contribution < 1.29 is 28.5 Å². The number of Topliss-reactive ketones (excluding diaryl/α,β-unsaturated/α-hetero) is 1. The summed E-state index contributed by atoms with van der Waals surface area (Å²) in [6, 6.07) is 13.4. The number of ketones is 1. The number of hydrogen-bond acceptors (Lipinski definition) is 7. The van der Waals surface area contributed by atoms with Gasteiger partial charge in [0.2, 0.25) is 0 Å². The number of hydrogen-bond donors (Lipinski definition) is 0. The van der Waals surface area contributed by atoms with E-state index in [4.69, 9.17) is 18.9 Å². The maximum Gasteiger partial charge on any atom is 0.308 e. The summed E-state index contributed by atoms with van der Waals surface area (Å²) in [5.74, 6) is 1.03. The van der Waals surface area contributed by atoms with Crippen LogP contribution in [0.5, 0.6) is 17.2 Å². The third kappa shape index (κ3) is 4.70. The molecule has 1 unspecified atom stereocenters. The summed E-state index contributed by atoms with van der Waals surface area (Å²) >= 11 is 0. The summed E-state index contributed by atoms with van der Waals surface area (Å²) in [6.07, 6.45) is 3.05. The average molecular weight is 478 g/mol. The molecule has 7 heteroatoms. The molecule has 4 rings (SSSR count). The monoisotopic (exact) mass is 477 g/mol. The van der Waals surface area contributed by atoms with E-state index in [1.165, 1.54) is 0 Å². The first-order valence-corrected chi connectivity index (χ1v) is 12.1. The van der Waals surface area contributed by atoms with Crippen molar-refractivity contribution in [3.05, 3.63) is 42.0 Å². The smallest absolute Gasteiger partial charge is 0.308 e. The number of carbonyl (C=O) groups is 2. The van der Waals surface area contributed by atoms with Crippen LogP contribution in [0, 0.1) is 23.2 Å². The Morgan fingerprint density at radius 2 is 1.77 bits per heavy atom. The fourth-order valence-corrected chi connectivity index (χ4v) is 5.38. The topological polar surface area (TPSA) is 94.8 Å². The summed E-state index contributed by atoms with van der Waals surface area (Å²) in [5.41, 5.74) is 1.62. The lowest BCUT2D eigenvalue weighted by molar-refractivity contribution is -0.151. The van der Waals surface area contributed by atoms with Gasteiger partial charge in [-0.1, -0.05) is 12.1 Å². The molecule has 1 atom stereocenters. The number of methoxy groups -OCH3 is 2. The number of ether oxygens (including phenoxy) is 4. The number of benzene rings is 2. The van der Waals surface area contributed by atoms with Gasteiger partial charge in [-0.15, -0.1) is 0 Å². The zero-order valence-electron chi connectivity index (χ0n) is 20.5. The minimum Gasteiger partial charge on any atom is -0.493 e. The van der Waals surface area contributed by atoms with Crippen LogP contribution in [0.3, 0.4) is 0 Å². The molecule has 2 aromatic rings. The van der Waals surface area contributed by atoms with Crippen molar-refractivity contribution in [3.8, 4) is 34.4 Å². The molecule has 2 aromatic carbocycles. The molecule has 0 N–H and O–H groups in total. The fourth-order valence-electron chi connectivity index (χ4n) is 5.38. The van der Waals surface area contributed by atoms with Gasteiger partial charge < -0.3 is 18.9 Å². The van der Waals surface area contributed by atoms with Gasteiger partial charge in [-0.2, -0.15) is 5.26 Å².